The van der Waals surface area contributed by atoms with Gasteiger partial charge in [0.05, 0.1) is 0 Å². The molecule has 0 spiro atoms. The number of hydrogen-bond donors (Lipinski definition) is 1. The van der Waals surface area contributed by atoms with Crippen molar-refractivity contribution in [3.63, 3.8) is 0 Å². The van der Waals surface area contributed by atoms with E-state index in [0.29, 0.717) is 5.41 Å². The Bertz CT molecular complexity index is 206. The fourth-order valence-electron chi connectivity index (χ4n) is 2.94. The lowest BCUT2D eigenvalue weighted by atomic mass is 9.81. The van der Waals surface area contributed by atoms with Gasteiger partial charge in [-0.05, 0) is 51.2 Å². The summed E-state index contributed by atoms with van der Waals surface area (Å²) >= 11 is 0. The van der Waals surface area contributed by atoms with Crippen molar-refractivity contribution in [1.82, 2.24) is 10.2 Å². The summed E-state index contributed by atoms with van der Waals surface area (Å²) in [5.41, 5.74) is 0.505. The number of piperidine rings is 1. The predicted octanol–water partition coefficient (Wildman–Crippen LogP) is 1.49. The zero-order valence-electron chi connectivity index (χ0n) is 10.8. The van der Waals surface area contributed by atoms with Crippen molar-refractivity contribution in [1.29, 1.82) is 0 Å². The van der Waals surface area contributed by atoms with Crippen LogP contribution in [0.3, 0.4) is 0 Å². The van der Waals surface area contributed by atoms with Crippen molar-refractivity contribution >= 4 is 0 Å². The van der Waals surface area contributed by atoms with Crippen molar-refractivity contribution in [2.75, 3.05) is 39.9 Å². The standard InChI is InChI=1S/C13H26N2O/c1-13(5-9-16-10-6-13)11-15-7-3-12(14-2)4-8-15/h12,14H,3-11H2,1-2H3. The largest absolute Gasteiger partial charge is 0.381 e. The maximum absolute atomic E-state index is 5.46. The van der Waals surface area contributed by atoms with Crippen molar-refractivity contribution in [2.24, 2.45) is 5.41 Å². The fraction of sp³-hybridized carbons (Fsp3) is 1.00. The Morgan fingerprint density at radius 3 is 2.44 bits per heavy atom. The van der Waals surface area contributed by atoms with Crippen molar-refractivity contribution in [3.05, 3.63) is 0 Å². The molecule has 0 aromatic heterocycles. The molecule has 1 N–H and O–H groups in total. The summed E-state index contributed by atoms with van der Waals surface area (Å²) in [5.74, 6) is 0. The van der Waals surface area contributed by atoms with Gasteiger partial charge < -0.3 is 15.0 Å². The Labute approximate surface area is 99.5 Å². The van der Waals surface area contributed by atoms with E-state index in [4.69, 9.17) is 4.74 Å². The number of nitrogens with zero attached hydrogens (tertiary/aromatic N) is 1. The Balaban J connectivity index is 1.77. The number of hydrogen-bond acceptors (Lipinski definition) is 3. The van der Waals surface area contributed by atoms with Crippen LogP contribution in [0.15, 0.2) is 0 Å². The summed E-state index contributed by atoms with van der Waals surface area (Å²) in [5, 5.41) is 3.39. The topological polar surface area (TPSA) is 24.5 Å². The molecule has 2 heterocycles. The van der Waals surface area contributed by atoms with Gasteiger partial charge in [-0.2, -0.15) is 0 Å². The molecule has 0 aliphatic carbocycles. The molecule has 0 atom stereocenters. The smallest absolute Gasteiger partial charge is 0.0471 e. The first-order chi connectivity index (χ1) is 7.72. The summed E-state index contributed by atoms with van der Waals surface area (Å²) in [7, 11) is 2.08. The Hall–Kier alpha value is -0.120. The molecule has 0 bridgehead atoms. The summed E-state index contributed by atoms with van der Waals surface area (Å²) < 4.78 is 5.46. The van der Waals surface area contributed by atoms with E-state index in [1.54, 1.807) is 0 Å². The summed E-state index contributed by atoms with van der Waals surface area (Å²) in [6.45, 7) is 8.16. The van der Waals surface area contributed by atoms with Gasteiger partial charge in [-0.25, -0.2) is 0 Å². The monoisotopic (exact) mass is 226 g/mol. The van der Waals surface area contributed by atoms with Crippen LogP contribution in [-0.2, 0) is 4.74 Å². The third kappa shape index (κ3) is 3.19. The van der Waals surface area contributed by atoms with Gasteiger partial charge in [0.2, 0.25) is 0 Å². The molecule has 2 saturated heterocycles. The van der Waals surface area contributed by atoms with Gasteiger partial charge in [0.25, 0.3) is 0 Å². The van der Waals surface area contributed by atoms with Crippen molar-refractivity contribution < 1.29 is 4.74 Å². The highest BCUT2D eigenvalue weighted by Gasteiger charge is 2.30. The van der Waals surface area contributed by atoms with E-state index in [-0.39, 0.29) is 0 Å². The molecule has 3 nitrogen and oxygen atoms in total. The van der Waals surface area contributed by atoms with Crippen LogP contribution in [-0.4, -0.2) is 50.8 Å². The van der Waals surface area contributed by atoms with Crippen LogP contribution >= 0.6 is 0 Å². The highest BCUT2D eigenvalue weighted by atomic mass is 16.5. The van der Waals surface area contributed by atoms with Crippen molar-refractivity contribution in [3.8, 4) is 0 Å². The van der Waals surface area contributed by atoms with Crippen LogP contribution in [0.5, 0.6) is 0 Å². The lowest BCUT2D eigenvalue weighted by Crippen LogP contribution is -2.46. The number of likely N-dealkylation sites (tertiary alicyclic amines) is 1. The van der Waals surface area contributed by atoms with Crippen LogP contribution in [0.1, 0.15) is 32.6 Å². The van der Waals surface area contributed by atoms with Crippen molar-refractivity contribution in [2.45, 2.75) is 38.6 Å². The van der Waals surface area contributed by atoms with Crippen LogP contribution in [0.4, 0.5) is 0 Å². The number of ether oxygens (including phenoxy) is 1. The predicted molar refractivity (Wildman–Crippen MR) is 66.7 cm³/mol. The minimum Gasteiger partial charge on any atom is -0.381 e. The van der Waals surface area contributed by atoms with Crippen LogP contribution < -0.4 is 5.32 Å². The number of nitrogens with one attached hydrogen (secondary N) is 1. The maximum Gasteiger partial charge on any atom is 0.0471 e. The van der Waals surface area contributed by atoms with E-state index in [1.807, 2.05) is 0 Å². The van der Waals surface area contributed by atoms with Gasteiger partial charge in [0, 0.05) is 25.8 Å². The summed E-state index contributed by atoms with van der Waals surface area (Å²) in [6.07, 6.45) is 5.09. The van der Waals surface area contributed by atoms with E-state index in [9.17, 15) is 0 Å². The molecule has 2 fully saturated rings. The molecule has 0 unspecified atom stereocenters. The molecule has 94 valence electrons. The molecule has 2 aliphatic rings. The zero-order chi connectivity index (χ0) is 11.4. The van der Waals surface area contributed by atoms with Gasteiger partial charge in [-0.3, -0.25) is 0 Å². The maximum atomic E-state index is 5.46. The molecule has 0 amide bonds. The lowest BCUT2D eigenvalue weighted by molar-refractivity contribution is 0.000921. The highest BCUT2D eigenvalue weighted by Crippen LogP contribution is 2.31. The highest BCUT2D eigenvalue weighted by molar-refractivity contribution is 4.84. The van der Waals surface area contributed by atoms with E-state index in [1.165, 1.54) is 45.3 Å². The van der Waals surface area contributed by atoms with Gasteiger partial charge in [0.15, 0.2) is 0 Å². The molecule has 0 aromatic rings. The average molecular weight is 226 g/mol. The van der Waals surface area contributed by atoms with Gasteiger partial charge in [-0.15, -0.1) is 0 Å². The van der Waals surface area contributed by atoms with E-state index in [0.717, 1.165) is 19.3 Å². The van der Waals surface area contributed by atoms with Gasteiger partial charge in [-0.1, -0.05) is 6.92 Å². The Morgan fingerprint density at radius 1 is 1.25 bits per heavy atom. The number of rotatable bonds is 3. The summed E-state index contributed by atoms with van der Waals surface area (Å²) in [4.78, 5) is 2.65. The molecular formula is C13H26N2O. The molecule has 0 saturated carbocycles. The Kier molecular flexibility index (Phi) is 4.22. The SMILES string of the molecule is CNC1CCN(CC2(C)CCOCC2)CC1. The Morgan fingerprint density at radius 2 is 1.88 bits per heavy atom. The van der Waals surface area contributed by atoms with Crippen LogP contribution in [0.25, 0.3) is 0 Å². The molecule has 3 heteroatoms. The van der Waals surface area contributed by atoms with E-state index < -0.39 is 0 Å². The fourth-order valence-corrected chi connectivity index (χ4v) is 2.94. The first-order valence-electron chi connectivity index (χ1n) is 6.69. The molecule has 2 rings (SSSR count). The second-order valence-electron chi connectivity index (χ2n) is 5.76. The van der Waals surface area contributed by atoms with Gasteiger partial charge in [0.1, 0.15) is 0 Å². The first-order valence-corrected chi connectivity index (χ1v) is 6.69. The average Bonchev–Trinajstić information content (AvgIpc) is 2.30. The second-order valence-corrected chi connectivity index (χ2v) is 5.76. The molecule has 16 heavy (non-hydrogen) atoms. The second kappa shape index (κ2) is 5.48. The lowest BCUT2D eigenvalue weighted by Gasteiger charge is -2.41. The third-order valence-corrected chi connectivity index (χ3v) is 4.30. The summed E-state index contributed by atoms with van der Waals surface area (Å²) in [6, 6.07) is 0.749. The van der Waals surface area contributed by atoms with E-state index in [2.05, 4.69) is 24.2 Å². The van der Waals surface area contributed by atoms with Crippen LogP contribution in [0.2, 0.25) is 0 Å². The normalized spacial score (nSPS) is 28.1. The first kappa shape index (κ1) is 12.3. The molecular weight excluding hydrogens is 200 g/mol. The molecule has 0 aromatic carbocycles. The molecule has 2 aliphatic heterocycles. The zero-order valence-corrected chi connectivity index (χ0v) is 10.8. The minimum atomic E-state index is 0.505. The quantitative estimate of drug-likeness (QED) is 0.789. The third-order valence-electron chi connectivity index (χ3n) is 4.30. The minimum absolute atomic E-state index is 0.505. The molecule has 0 radical (unpaired) electrons. The van der Waals surface area contributed by atoms with E-state index >= 15 is 0 Å². The van der Waals surface area contributed by atoms with Gasteiger partial charge >= 0.3 is 0 Å². The van der Waals surface area contributed by atoms with Crippen LogP contribution in [0, 0.1) is 5.41 Å².